The van der Waals surface area contributed by atoms with E-state index in [1.165, 1.54) is 6.92 Å². The molecule has 10 heteroatoms. The van der Waals surface area contributed by atoms with Crippen molar-refractivity contribution in [3.63, 3.8) is 0 Å². The van der Waals surface area contributed by atoms with Crippen LogP contribution in [0.5, 0.6) is 5.88 Å². The summed E-state index contributed by atoms with van der Waals surface area (Å²) in [5.74, 6) is 0.113. The highest BCUT2D eigenvalue weighted by Crippen LogP contribution is 2.42. The van der Waals surface area contributed by atoms with E-state index in [1.807, 2.05) is 59.2 Å². The average Bonchev–Trinajstić information content (AvgIpc) is 3.46. The molecule has 0 aliphatic heterocycles. The second-order valence-corrected chi connectivity index (χ2v) is 8.94. The first-order chi connectivity index (χ1) is 18.0. The Labute approximate surface area is 216 Å². The second-order valence-electron chi connectivity index (χ2n) is 8.41. The maximum atomic E-state index is 12.6. The van der Waals surface area contributed by atoms with Crippen LogP contribution in [0.25, 0.3) is 33.1 Å². The summed E-state index contributed by atoms with van der Waals surface area (Å²) in [6, 6.07) is 18.7. The van der Waals surface area contributed by atoms with Crippen LogP contribution >= 0.6 is 11.7 Å². The largest absolute Gasteiger partial charge is 0.515 e. The van der Waals surface area contributed by atoms with Gasteiger partial charge in [0, 0.05) is 18.0 Å². The van der Waals surface area contributed by atoms with Gasteiger partial charge in [-0.25, -0.2) is 4.79 Å². The van der Waals surface area contributed by atoms with E-state index < -0.39 is 6.16 Å². The Bertz CT molecular complexity index is 1610. The fourth-order valence-corrected chi connectivity index (χ4v) is 4.78. The van der Waals surface area contributed by atoms with Crippen LogP contribution in [-0.2, 0) is 22.7 Å². The number of nitrogens with zero attached hydrogens (tertiary/aromatic N) is 3. The number of hydrogen-bond donors (Lipinski definition) is 2. The Morgan fingerprint density at radius 2 is 1.76 bits per heavy atom. The van der Waals surface area contributed by atoms with E-state index in [2.05, 4.69) is 14.1 Å². The molecule has 0 saturated heterocycles. The lowest BCUT2D eigenvalue weighted by Crippen LogP contribution is -2.14. The van der Waals surface area contributed by atoms with Gasteiger partial charge in [0.25, 0.3) is 0 Å². The van der Waals surface area contributed by atoms with Gasteiger partial charge in [0.15, 0.2) is 0 Å². The van der Waals surface area contributed by atoms with Gasteiger partial charge in [-0.15, -0.1) is 0 Å². The minimum atomic E-state index is -0.818. The SMILES string of the molecule is CCOC(=O)Oc1c(-c2ccc(CO)cc2)c2cc(NC(C)=O)ccc2n1Cc1ccc2nsnc2c1. The minimum Gasteiger partial charge on any atom is -0.434 e. The van der Waals surface area contributed by atoms with Crippen LogP contribution in [0, 0.1) is 0 Å². The van der Waals surface area contributed by atoms with Crippen LogP contribution in [-0.4, -0.2) is 37.1 Å². The summed E-state index contributed by atoms with van der Waals surface area (Å²) in [4.78, 5) is 24.3. The zero-order chi connectivity index (χ0) is 25.9. The third-order valence-corrected chi connectivity index (χ3v) is 6.42. The number of aliphatic hydroxyl groups excluding tert-OH is 1. The van der Waals surface area contributed by atoms with E-state index in [4.69, 9.17) is 9.47 Å². The zero-order valence-corrected chi connectivity index (χ0v) is 21.0. The molecule has 0 spiro atoms. The molecule has 0 bridgehead atoms. The number of rotatable bonds is 7. The first kappa shape index (κ1) is 24.4. The molecule has 0 atom stereocenters. The number of carbonyl (C=O) groups excluding carboxylic acids is 2. The molecule has 9 nitrogen and oxygen atoms in total. The molecule has 0 fully saturated rings. The van der Waals surface area contributed by atoms with Gasteiger partial charge in [0.2, 0.25) is 11.8 Å². The molecule has 5 rings (SSSR count). The van der Waals surface area contributed by atoms with Crippen LogP contribution < -0.4 is 10.1 Å². The van der Waals surface area contributed by atoms with E-state index in [0.29, 0.717) is 23.7 Å². The lowest BCUT2D eigenvalue weighted by atomic mass is 10.0. The number of ether oxygens (including phenoxy) is 2. The molecule has 0 unspecified atom stereocenters. The highest BCUT2D eigenvalue weighted by Gasteiger charge is 2.24. The van der Waals surface area contributed by atoms with Gasteiger partial charge in [0.05, 0.1) is 42.6 Å². The summed E-state index contributed by atoms with van der Waals surface area (Å²) in [7, 11) is 0. The van der Waals surface area contributed by atoms with Crippen molar-refractivity contribution in [1.82, 2.24) is 13.3 Å². The predicted octanol–water partition coefficient (Wildman–Crippen LogP) is 5.35. The Hall–Kier alpha value is -4.28. The molecule has 0 aliphatic rings. The second kappa shape index (κ2) is 10.4. The minimum absolute atomic E-state index is 0.0884. The summed E-state index contributed by atoms with van der Waals surface area (Å²) in [6.07, 6.45) is -0.818. The van der Waals surface area contributed by atoms with Crippen molar-refractivity contribution in [1.29, 1.82) is 0 Å². The van der Waals surface area contributed by atoms with E-state index in [0.717, 1.165) is 50.4 Å². The van der Waals surface area contributed by atoms with Crippen LogP contribution in [0.3, 0.4) is 0 Å². The van der Waals surface area contributed by atoms with Crippen molar-refractivity contribution in [2.75, 3.05) is 11.9 Å². The molecule has 5 aromatic rings. The van der Waals surface area contributed by atoms with Gasteiger partial charge in [-0.2, -0.15) is 8.75 Å². The average molecular weight is 517 g/mol. The topological polar surface area (TPSA) is 116 Å². The highest BCUT2D eigenvalue weighted by atomic mass is 32.1. The molecule has 2 aromatic heterocycles. The summed E-state index contributed by atoms with van der Waals surface area (Å²) >= 11 is 1.15. The maximum absolute atomic E-state index is 12.6. The third-order valence-electron chi connectivity index (χ3n) is 5.86. The van der Waals surface area contributed by atoms with Crippen molar-refractivity contribution in [3.05, 3.63) is 71.8 Å². The molecule has 37 heavy (non-hydrogen) atoms. The van der Waals surface area contributed by atoms with Crippen molar-refractivity contribution in [2.24, 2.45) is 0 Å². The standard InChI is InChI=1S/C27H24N4O5S/c1-3-35-27(34)36-26-25(19-7-4-17(15-32)5-8-19)21-13-20(28-16(2)33)9-11-24(21)31(26)14-18-6-10-22-23(12-18)30-37-29-22/h4-13,32H,3,14-15H2,1-2H3,(H,28,33). The molecule has 188 valence electrons. The zero-order valence-electron chi connectivity index (χ0n) is 20.2. The summed E-state index contributed by atoms with van der Waals surface area (Å²) in [5, 5.41) is 13.1. The molecule has 2 heterocycles. The molecule has 3 aromatic carbocycles. The Balaban J connectivity index is 1.73. The van der Waals surface area contributed by atoms with E-state index in [9.17, 15) is 14.7 Å². The Morgan fingerprint density at radius 1 is 1.00 bits per heavy atom. The van der Waals surface area contributed by atoms with Gasteiger partial charge >= 0.3 is 6.16 Å². The van der Waals surface area contributed by atoms with E-state index in [1.54, 1.807) is 13.0 Å². The Morgan fingerprint density at radius 3 is 2.49 bits per heavy atom. The number of fused-ring (bicyclic) bond motifs is 2. The quantitative estimate of drug-likeness (QED) is 0.280. The number of anilines is 1. The summed E-state index contributed by atoms with van der Waals surface area (Å²) < 4.78 is 21.5. The predicted molar refractivity (Wildman–Crippen MR) is 142 cm³/mol. The van der Waals surface area contributed by atoms with Gasteiger partial charge in [-0.3, -0.25) is 4.79 Å². The molecule has 0 saturated carbocycles. The van der Waals surface area contributed by atoms with Gasteiger partial charge < -0.3 is 24.5 Å². The molecule has 0 radical (unpaired) electrons. The van der Waals surface area contributed by atoms with Crippen LogP contribution in [0.4, 0.5) is 10.5 Å². The number of carbonyl (C=O) groups is 2. The molecular weight excluding hydrogens is 492 g/mol. The van der Waals surface area contributed by atoms with Crippen molar-refractivity contribution >= 4 is 51.4 Å². The number of benzene rings is 3. The summed E-state index contributed by atoms with van der Waals surface area (Å²) in [5.41, 5.74) is 6.16. The molecule has 1 amide bonds. The van der Waals surface area contributed by atoms with Gasteiger partial charge in [0.1, 0.15) is 11.0 Å². The van der Waals surface area contributed by atoms with Crippen molar-refractivity contribution < 1.29 is 24.2 Å². The number of amides is 1. The van der Waals surface area contributed by atoms with Crippen LogP contribution in [0.2, 0.25) is 0 Å². The van der Waals surface area contributed by atoms with Crippen LogP contribution in [0.1, 0.15) is 25.0 Å². The number of aromatic nitrogens is 3. The Kier molecular flexibility index (Phi) is 6.85. The first-order valence-electron chi connectivity index (χ1n) is 11.7. The number of aliphatic hydroxyl groups is 1. The fraction of sp³-hybridized carbons (Fsp3) is 0.185. The highest BCUT2D eigenvalue weighted by molar-refractivity contribution is 7.00. The van der Waals surface area contributed by atoms with E-state index >= 15 is 0 Å². The maximum Gasteiger partial charge on any atom is 0.515 e. The third kappa shape index (κ3) is 5.02. The molecular formula is C27H24N4O5S. The van der Waals surface area contributed by atoms with Crippen molar-refractivity contribution in [3.8, 4) is 17.0 Å². The molecule has 0 aliphatic carbocycles. The number of hydrogen-bond acceptors (Lipinski definition) is 8. The van der Waals surface area contributed by atoms with E-state index in [-0.39, 0.29) is 19.1 Å². The molecule has 2 N–H and O–H groups in total. The van der Waals surface area contributed by atoms with Gasteiger partial charge in [-0.1, -0.05) is 30.3 Å². The lowest BCUT2D eigenvalue weighted by Gasteiger charge is -2.13. The number of nitrogens with one attached hydrogen (secondary N) is 1. The summed E-state index contributed by atoms with van der Waals surface area (Å²) in [6.45, 7) is 3.62. The van der Waals surface area contributed by atoms with Crippen LogP contribution in [0.15, 0.2) is 60.7 Å². The lowest BCUT2D eigenvalue weighted by molar-refractivity contribution is -0.114. The smallest absolute Gasteiger partial charge is 0.434 e. The monoisotopic (exact) mass is 516 g/mol. The first-order valence-corrected chi connectivity index (χ1v) is 12.4. The normalized spacial score (nSPS) is 11.1. The van der Waals surface area contributed by atoms with Crippen molar-refractivity contribution in [2.45, 2.75) is 27.0 Å². The van der Waals surface area contributed by atoms with Gasteiger partial charge in [-0.05, 0) is 53.9 Å². The fourth-order valence-electron chi connectivity index (χ4n) is 4.27.